The molecule has 0 fully saturated rings. The second kappa shape index (κ2) is 6.65. The van der Waals surface area contributed by atoms with E-state index >= 15 is 0 Å². The minimum absolute atomic E-state index is 0.00792. The van der Waals surface area contributed by atoms with Gasteiger partial charge in [-0.15, -0.1) is 0 Å². The number of amides is 1. The Kier molecular flexibility index (Phi) is 5.47. The topological polar surface area (TPSA) is 72.2 Å². The SMILES string of the molecule is Cc1cc(C(=O)NC(C)C(C)CBr)cc([N+](=O)[O-])c1. The lowest BCUT2D eigenvalue weighted by atomic mass is 10.0. The summed E-state index contributed by atoms with van der Waals surface area (Å²) in [6, 6.07) is 4.38. The van der Waals surface area contributed by atoms with Crippen molar-refractivity contribution in [2.45, 2.75) is 26.8 Å². The highest BCUT2D eigenvalue weighted by Gasteiger charge is 2.17. The Balaban J connectivity index is 2.91. The number of alkyl halides is 1. The molecule has 104 valence electrons. The summed E-state index contributed by atoms with van der Waals surface area (Å²) in [4.78, 5) is 22.3. The van der Waals surface area contributed by atoms with Crippen LogP contribution < -0.4 is 5.32 Å². The van der Waals surface area contributed by atoms with Crippen LogP contribution in [0.15, 0.2) is 18.2 Å². The summed E-state index contributed by atoms with van der Waals surface area (Å²) in [6.07, 6.45) is 0. The van der Waals surface area contributed by atoms with Gasteiger partial charge in [0.1, 0.15) is 0 Å². The maximum atomic E-state index is 12.1. The summed E-state index contributed by atoms with van der Waals surface area (Å²) < 4.78 is 0. The van der Waals surface area contributed by atoms with Crippen molar-refractivity contribution in [3.05, 3.63) is 39.4 Å². The van der Waals surface area contributed by atoms with E-state index < -0.39 is 4.92 Å². The molecule has 2 atom stereocenters. The second-order valence-electron chi connectivity index (χ2n) is 4.71. The molecule has 0 aliphatic carbocycles. The van der Waals surface area contributed by atoms with E-state index in [1.165, 1.54) is 12.1 Å². The van der Waals surface area contributed by atoms with Gasteiger partial charge >= 0.3 is 0 Å². The number of nitrogens with zero attached hydrogens (tertiary/aromatic N) is 1. The zero-order valence-electron chi connectivity index (χ0n) is 11.1. The molecule has 1 amide bonds. The first-order valence-corrected chi connectivity index (χ1v) is 7.10. The Morgan fingerprint density at radius 1 is 1.42 bits per heavy atom. The Bertz CT molecular complexity index is 491. The first-order valence-electron chi connectivity index (χ1n) is 5.98. The molecule has 2 unspecified atom stereocenters. The van der Waals surface area contributed by atoms with Gasteiger partial charge in [0.15, 0.2) is 0 Å². The normalized spacial score (nSPS) is 13.7. The Morgan fingerprint density at radius 2 is 2.05 bits per heavy atom. The number of nitro benzene ring substituents is 1. The molecule has 0 saturated carbocycles. The van der Waals surface area contributed by atoms with Crippen molar-refractivity contribution >= 4 is 27.5 Å². The Hall–Kier alpha value is -1.43. The van der Waals surface area contributed by atoms with Crippen LogP contribution in [-0.2, 0) is 0 Å². The largest absolute Gasteiger partial charge is 0.349 e. The third kappa shape index (κ3) is 4.31. The van der Waals surface area contributed by atoms with Crippen LogP contribution in [0.5, 0.6) is 0 Å². The van der Waals surface area contributed by atoms with Gasteiger partial charge in [-0.05, 0) is 31.4 Å². The van der Waals surface area contributed by atoms with Gasteiger partial charge in [-0.25, -0.2) is 0 Å². The summed E-state index contributed by atoms with van der Waals surface area (Å²) >= 11 is 3.36. The van der Waals surface area contributed by atoms with E-state index in [4.69, 9.17) is 0 Å². The number of rotatable bonds is 5. The lowest BCUT2D eigenvalue weighted by Gasteiger charge is -2.19. The fourth-order valence-corrected chi connectivity index (χ4v) is 2.13. The molecule has 0 aliphatic rings. The van der Waals surface area contributed by atoms with Crippen molar-refractivity contribution in [2.75, 3.05) is 5.33 Å². The molecule has 0 saturated heterocycles. The van der Waals surface area contributed by atoms with Gasteiger partial charge in [-0.1, -0.05) is 22.9 Å². The van der Waals surface area contributed by atoms with E-state index in [0.717, 1.165) is 5.33 Å². The molecule has 0 aliphatic heterocycles. The lowest BCUT2D eigenvalue weighted by Crippen LogP contribution is -2.37. The number of carbonyl (C=O) groups excluding carboxylic acids is 1. The molecule has 1 rings (SSSR count). The standard InChI is InChI=1S/C13H17BrN2O3/c1-8-4-11(6-12(5-8)16(18)19)13(17)15-10(3)9(2)7-14/h4-6,9-10H,7H2,1-3H3,(H,15,17). The first kappa shape index (κ1) is 15.6. The number of carbonyl (C=O) groups is 1. The molecular formula is C13H17BrN2O3. The molecule has 1 aromatic carbocycles. The van der Waals surface area contributed by atoms with Gasteiger partial charge in [-0.2, -0.15) is 0 Å². The molecule has 0 heterocycles. The summed E-state index contributed by atoms with van der Waals surface area (Å²) in [5.74, 6) is -0.00385. The molecule has 5 nitrogen and oxygen atoms in total. The monoisotopic (exact) mass is 328 g/mol. The van der Waals surface area contributed by atoms with Crippen LogP contribution in [0.2, 0.25) is 0 Å². The van der Waals surface area contributed by atoms with Crippen molar-refractivity contribution in [2.24, 2.45) is 5.92 Å². The molecule has 0 radical (unpaired) electrons. The number of benzene rings is 1. The van der Waals surface area contributed by atoms with Crippen LogP contribution in [-0.4, -0.2) is 22.2 Å². The van der Waals surface area contributed by atoms with E-state index in [-0.39, 0.29) is 23.6 Å². The second-order valence-corrected chi connectivity index (χ2v) is 5.36. The molecule has 0 aromatic heterocycles. The van der Waals surface area contributed by atoms with Crippen LogP contribution in [0.25, 0.3) is 0 Å². The van der Waals surface area contributed by atoms with Gasteiger partial charge in [0, 0.05) is 29.1 Å². The van der Waals surface area contributed by atoms with E-state index in [1.54, 1.807) is 13.0 Å². The minimum Gasteiger partial charge on any atom is -0.349 e. The van der Waals surface area contributed by atoms with Gasteiger partial charge in [0.25, 0.3) is 11.6 Å². The number of nitro groups is 1. The van der Waals surface area contributed by atoms with E-state index in [2.05, 4.69) is 21.2 Å². The van der Waals surface area contributed by atoms with E-state index in [1.807, 2.05) is 13.8 Å². The number of nitrogens with one attached hydrogen (secondary N) is 1. The molecule has 0 bridgehead atoms. The van der Waals surface area contributed by atoms with Gasteiger partial charge in [0.2, 0.25) is 0 Å². The fourth-order valence-electron chi connectivity index (χ4n) is 1.57. The quantitative estimate of drug-likeness (QED) is 0.513. The fraction of sp³-hybridized carbons (Fsp3) is 0.462. The Morgan fingerprint density at radius 3 is 2.58 bits per heavy atom. The van der Waals surface area contributed by atoms with E-state index in [9.17, 15) is 14.9 Å². The van der Waals surface area contributed by atoms with Crippen molar-refractivity contribution in [1.82, 2.24) is 5.32 Å². The maximum absolute atomic E-state index is 12.1. The molecule has 19 heavy (non-hydrogen) atoms. The third-order valence-electron chi connectivity index (χ3n) is 2.99. The molecular weight excluding hydrogens is 312 g/mol. The number of hydrogen-bond donors (Lipinski definition) is 1. The van der Waals surface area contributed by atoms with E-state index in [0.29, 0.717) is 11.1 Å². The number of non-ortho nitro benzene ring substituents is 1. The zero-order valence-corrected chi connectivity index (χ0v) is 12.7. The number of hydrogen-bond acceptors (Lipinski definition) is 3. The van der Waals surface area contributed by atoms with Crippen LogP contribution in [0, 0.1) is 23.0 Å². The van der Waals surface area contributed by atoms with Crippen molar-refractivity contribution in [1.29, 1.82) is 0 Å². The third-order valence-corrected chi connectivity index (χ3v) is 4.01. The van der Waals surface area contributed by atoms with Gasteiger partial charge in [0.05, 0.1) is 4.92 Å². The smallest absolute Gasteiger partial charge is 0.270 e. The van der Waals surface area contributed by atoms with Crippen LogP contribution >= 0.6 is 15.9 Å². The average Bonchev–Trinajstić information content (AvgIpc) is 2.36. The van der Waals surface area contributed by atoms with Crippen LogP contribution in [0.4, 0.5) is 5.69 Å². The minimum atomic E-state index is -0.492. The molecule has 6 heteroatoms. The Labute approximate surface area is 120 Å². The molecule has 1 aromatic rings. The number of aryl methyl sites for hydroxylation is 1. The van der Waals surface area contributed by atoms with Gasteiger partial charge in [-0.3, -0.25) is 14.9 Å². The predicted molar refractivity (Wildman–Crippen MR) is 77.7 cm³/mol. The predicted octanol–water partition coefficient (Wildman–Crippen LogP) is 3.05. The summed E-state index contributed by atoms with van der Waals surface area (Å²) in [5, 5.41) is 14.4. The highest BCUT2D eigenvalue weighted by molar-refractivity contribution is 9.09. The lowest BCUT2D eigenvalue weighted by molar-refractivity contribution is -0.384. The summed E-state index contributed by atoms with van der Waals surface area (Å²) in [6.45, 7) is 5.65. The molecule has 0 spiro atoms. The first-order chi connectivity index (χ1) is 8.85. The average molecular weight is 329 g/mol. The summed E-state index contributed by atoms with van der Waals surface area (Å²) in [7, 11) is 0. The van der Waals surface area contributed by atoms with Gasteiger partial charge < -0.3 is 5.32 Å². The van der Waals surface area contributed by atoms with Crippen molar-refractivity contribution in [3.8, 4) is 0 Å². The highest BCUT2D eigenvalue weighted by Crippen LogP contribution is 2.17. The highest BCUT2D eigenvalue weighted by atomic mass is 79.9. The molecule has 1 N–H and O–H groups in total. The number of halogens is 1. The zero-order chi connectivity index (χ0) is 14.6. The van der Waals surface area contributed by atoms with Crippen LogP contribution in [0.1, 0.15) is 29.8 Å². The van der Waals surface area contributed by atoms with Crippen molar-refractivity contribution in [3.63, 3.8) is 0 Å². The van der Waals surface area contributed by atoms with Crippen LogP contribution in [0.3, 0.4) is 0 Å². The maximum Gasteiger partial charge on any atom is 0.270 e. The summed E-state index contributed by atoms with van der Waals surface area (Å²) in [5.41, 5.74) is 0.951. The van der Waals surface area contributed by atoms with Crippen molar-refractivity contribution < 1.29 is 9.72 Å².